The summed E-state index contributed by atoms with van der Waals surface area (Å²) in [7, 11) is -2.51. The van der Waals surface area contributed by atoms with E-state index in [0.29, 0.717) is 18.4 Å². The second-order valence-corrected chi connectivity index (χ2v) is 6.98. The number of nitrogens with zero attached hydrogens (tertiary/aromatic N) is 1. The lowest BCUT2D eigenvalue weighted by atomic mass is 10.1. The Balaban J connectivity index is 2.22. The fraction of sp³-hybridized carbons (Fsp3) is 0.429. The molecule has 0 amide bonds. The number of ether oxygens (including phenoxy) is 1. The standard InChI is InChI=1S/C14H17NO6S/c1-21-14(18)11-5-2-4-10(8-11)9-22(19,20)15-7-3-6-12(15)13(16)17/h2,4-5,8,12H,3,6-7,9H2,1H3,(H,16,17)/t12-/m1/s1. The summed E-state index contributed by atoms with van der Waals surface area (Å²) in [5.74, 6) is -2.03. The molecule has 0 aromatic heterocycles. The lowest BCUT2D eigenvalue weighted by molar-refractivity contribution is -0.140. The molecule has 1 aliphatic rings. The van der Waals surface area contributed by atoms with Gasteiger partial charge in [0.15, 0.2) is 0 Å². The molecule has 8 heteroatoms. The number of aliphatic carboxylic acids is 1. The molecule has 120 valence electrons. The minimum Gasteiger partial charge on any atom is -0.480 e. The number of sulfonamides is 1. The number of esters is 1. The van der Waals surface area contributed by atoms with Crippen LogP contribution < -0.4 is 0 Å². The molecule has 0 bridgehead atoms. The molecule has 1 atom stereocenters. The lowest BCUT2D eigenvalue weighted by Gasteiger charge is -2.21. The second-order valence-electron chi connectivity index (χ2n) is 5.06. The molecule has 7 nitrogen and oxygen atoms in total. The third-order valence-corrected chi connectivity index (χ3v) is 5.39. The third kappa shape index (κ3) is 3.45. The van der Waals surface area contributed by atoms with Gasteiger partial charge in [-0.3, -0.25) is 4.79 Å². The Morgan fingerprint density at radius 1 is 1.41 bits per heavy atom. The molecular weight excluding hydrogens is 310 g/mol. The number of hydrogen-bond acceptors (Lipinski definition) is 5. The maximum absolute atomic E-state index is 12.4. The van der Waals surface area contributed by atoms with E-state index in [1.807, 2.05) is 0 Å². The fourth-order valence-corrected chi connectivity index (χ4v) is 4.28. The molecule has 0 radical (unpaired) electrons. The van der Waals surface area contributed by atoms with E-state index in [2.05, 4.69) is 4.74 Å². The summed E-state index contributed by atoms with van der Waals surface area (Å²) in [6.07, 6.45) is 0.842. The van der Waals surface area contributed by atoms with Crippen molar-refractivity contribution in [2.24, 2.45) is 0 Å². The predicted molar refractivity (Wildman–Crippen MR) is 77.8 cm³/mol. The SMILES string of the molecule is COC(=O)c1cccc(CS(=O)(=O)N2CCC[C@@H]2C(=O)O)c1. The van der Waals surface area contributed by atoms with Crippen LogP contribution in [0.4, 0.5) is 0 Å². The van der Waals surface area contributed by atoms with Crippen molar-refractivity contribution in [3.63, 3.8) is 0 Å². The van der Waals surface area contributed by atoms with Crippen molar-refractivity contribution >= 4 is 22.0 Å². The number of hydrogen-bond donors (Lipinski definition) is 1. The van der Waals surface area contributed by atoms with Crippen molar-refractivity contribution in [1.82, 2.24) is 4.31 Å². The number of carbonyl (C=O) groups excluding carboxylic acids is 1. The van der Waals surface area contributed by atoms with Crippen LogP contribution in [0.25, 0.3) is 0 Å². The average Bonchev–Trinajstić information content (AvgIpc) is 2.97. The molecule has 0 unspecified atom stereocenters. The zero-order valence-corrected chi connectivity index (χ0v) is 12.9. The summed E-state index contributed by atoms with van der Waals surface area (Å²) < 4.78 is 30.4. The minimum atomic E-state index is -3.76. The van der Waals surface area contributed by atoms with Crippen molar-refractivity contribution < 1.29 is 27.9 Å². The van der Waals surface area contributed by atoms with E-state index in [4.69, 9.17) is 5.11 Å². The second kappa shape index (κ2) is 6.45. The summed E-state index contributed by atoms with van der Waals surface area (Å²) in [5.41, 5.74) is 0.672. The zero-order chi connectivity index (χ0) is 16.3. The summed E-state index contributed by atoms with van der Waals surface area (Å²) in [6, 6.07) is 5.10. The molecule has 1 aromatic carbocycles. The molecule has 0 aliphatic carbocycles. The van der Waals surface area contributed by atoms with Crippen LogP contribution in [0.3, 0.4) is 0 Å². The van der Waals surface area contributed by atoms with Gasteiger partial charge < -0.3 is 9.84 Å². The van der Waals surface area contributed by atoms with Gasteiger partial charge in [-0.1, -0.05) is 12.1 Å². The van der Waals surface area contributed by atoms with E-state index >= 15 is 0 Å². The van der Waals surface area contributed by atoms with Gasteiger partial charge in [0.25, 0.3) is 0 Å². The molecule has 1 N–H and O–H groups in total. The van der Waals surface area contributed by atoms with E-state index < -0.39 is 28.0 Å². The van der Waals surface area contributed by atoms with Crippen LogP contribution in [0.2, 0.25) is 0 Å². The first-order valence-electron chi connectivity index (χ1n) is 6.75. The topological polar surface area (TPSA) is 101 Å². The summed E-state index contributed by atoms with van der Waals surface area (Å²) in [4.78, 5) is 22.6. The Bertz CT molecular complexity index is 684. The van der Waals surface area contributed by atoms with E-state index in [0.717, 1.165) is 4.31 Å². The van der Waals surface area contributed by atoms with E-state index in [1.54, 1.807) is 12.1 Å². The van der Waals surface area contributed by atoms with Gasteiger partial charge >= 0.3 is 11.9 Å². The smallest absolute Gasteiger partial charge is 0.337 e. The van der Waals surface area contributed by atoms with Crippen LogP contribution in [-0.4, -0.2) is 49.5 Å². The van der Waals surface area contributed by atoms with Crippen LogP contribution >= 0.6 is 0 Å². The number of benzene rings is 1. The maximum Gasteiger partial charge on any atom is 0.337 e. The summed E-state index contributed by atoms with van der Waals surface area (Å²) >= 11 is 0. The summed E-state index contributed by atoms with van der Waals surface area (Å²) in [5, 5.41) is 9.09. The highest BCUT2D eigenvalue weighted by atomic mass is 32.2. The van der Waals surface area contributed by atoms with Crippen LogP contribution in [0.5, 0.6) is 0 Å². The first kappa shape index (κ1) is 16.4. The number of methoxy groups -OCH3 is 1. The molecule has 1 aromatic rings. The number of carboxylic acids is 1. The van der Waals surface area contributed by atoms with Gasteiger partial charge in [0.2, 0.25) is 10.0 Å². The van der Waals surface area contributed by atoms with Gasteiger partial charge in [-0.15, -0.1) is 0 Å². The van der Waals surface area contributed by atoms with Gasteiger partial charge in [0, 0.05) is 6.54 Å². The minimum absolute atomic E-state index is 0.204. The van der Waals surface area contributed by atoms with Crippen LogP contribution in [0.1, 0.15) is 28.8 Å². The molecule has 22 heavy (non-hydrogen) atoms. The molecule has 1 saturated heterocycles. The Morgan fingerprint density at radius 3 is 2.77 bits per heavy atom. The van der Waals surface area contributed by atoms with Gasteiger partial charge in [-0.05, 0) is 30.5 Å². The Morgan fingerprint density at radius 2 is 2.14 bits per heavy atom. The number of carbonyl (C=O) groups is 2. The van der Waals surface area contributed by atoms with Crippen molar-refractivity contribution in [3.05, 3.63) is 35.4 Å². The molecule has 1 fully saturated rings. The van der Waals surface area contributed by atoms with Crippen LogP contribution in [0.15, 0.2) is 24.3 Å². The van der Waals surface area contributed by atoms with Crippen molar-refractivity contribution in [2.75, 3.05) is 13.7 Å². The highest BCUT2D eigenvalue weighted by Gasteiger charge is 2.38. The highest BCUT2D eigenvalue weighted by molar-refractivity contribution is 7.88. The third-order valence-electron chi connectivity index (χ3n) is 3.54. The van der Waals surface area contributed by atoms with Crippen molar-refractivity contribution in [3.8, 4) is 0 Å². The fourth-order valence-electron chi connectivity index (χ4n) is 2.52. The molecule has 1 aliphatic heterocycles. The first-order valence-corrected chi connectivity index (χ1v) is 8.35. The normalized spacial score (nSPS) is 19.0. The van der Waals surface area contributed by atoms with Gasteiger partial charge in [-0.25, -0.2) is 13.2 Å². The molecular formula is C14H17NO6S. The van der Waals surface area contributed by atoms with E-state index in [1.165, 1.54) is 19.2 Å². The predicted octanol–water partition coefficient (Wildman–Crippen LogP) is 0.852. The zero-order valence-electron chi connectivity index (χ0n) is 12.1. The van der Waals surface area contributed by atoms with Gasteiger partial charge in [-0.2, -0.15) is 4.31 Å². The number of carboxylic acid groups (broad SMARTS) is 1. The maximum atomic E-state index is 12.4. The lowest BCUT2D eigenvalue weighted by Crippen LogP contribution is -2.40. The molecule has 2 rings (SSSR count). The first-order chi connectivity index (χ1) is 10.3. The summed E-state index contributed by atoms with van der Waals surface area (Å²) in [6.45, 7) is 0.204. The largest absolute Gasteiger partial charge is 0.480 e. The van der Waals surface area contributed by atoms with E-state index in [-0.39, 0.29) is 17.9 Å². The monoisotopic (exact) mass is 327 g/mol. The average molecular weight is 327 g/mol. The molecule has 0 saturated carbocycles. The van der Waals surface area contributed by atoms with Gasteiger partial charge in [0.1, 0.15) is 6.04 Å². The Kier molecular flexibility index (Phi) is 4.82. The number of rotatable bonds is 5. The van der Waals surface area contributed by atoms with Crippen molar-refractivity contribution in [2.45, 2.75) is 24.6 Å². The Labute approximate surface area is 128 Å². The van der Waals surface area contributed by atoms with Gasteiger partial charge in [0.05, 0.1) is 18.4 Å². The van der Waals surface area contributed by atoms with Crippen molar-refractivity contribution in [1.29, 1.82) is 0 Å². The highest BCUT2D eigenvalue weighted by Crippen LogP contribution is 2.24. The van der Waals surface area contributed by atoms with Crippen LogP contribution in [-0.2, 0) is 25.3 Å². The van der Waals surface area contributed by atoms with Crippen LogP contribution in [0, 0.1) is 0 Å². The molecule has 1 heterocycles. The quantitative estimate of drug-likeness (QED) is 0.805. The van der Waals surface area contributed by atoms with E-state index in [9.17, 15) is 18.0 Å². The Hall–Kier alpha value is -1.93. The molecule has 0 spiro atoms.